The molecule has 3 nitrogen and oxygen atoms in total. The maximum atomic E-state index is 9.97. The van der Waals surface area contributed by atoms with Gasteiger partial charge in [-0.05, 0) is 30.0 Å². The zero-order valence-electron chi connectivity index (χ0n) is 11.2. The Labute approximate surface area is 119 Å². The van der Waals surface area contributed by atoms with Crippen molar-refractivity contribution in [1.29, 1.82) is 0 Å². The SMILES string of the molecule is O=[C]OCCCc1ccccc1OCc1ccccc1. The van der Waals surface area contributed by atoms with E-state index in [0.717, 1.165) is 29.7 Å². The third-order valence-corrected chi connectivity index (χ3v) is 2.96. The van der Waals surface area contributed by atoms with E-state index in [4.69, 9.17) is 4.74 Å². The molecule has 20 heavy (non-hydrogen) atoms. The molecule has 0 saturated carbocycles. The van der Waals surface area contributed by atoms with Crippen molar-refractivity contribution in [2.75, 3.05) is 6.61 Å². The second kappa shape index (κ2) is 8.00. The number of carbonyl (C=O) groups excluding carboxylic acids is 1. The standard InChI is InChI=1S/C17H17O3/c18-14-19-12-6-10-16-9-4-5-11-17(16)20-13-15-7-2-1-3-8-15/h1-5,7-9,11H,6,10,12-13H2. The van der Waals surface area contributed by atoms with Gasteiger partial charge in [-0.3, -0.25) is 0 Å². The molecule has 0 aliphatic carbocycles. The smallest absolute Gasteiger partial charge is 0.417 e. The Bertz CT molecular complexity index is 523. The van der Waals surface area contributed by atoms with Gasteiger partial charge in [-0.2, -0.15) is 0 Å². The number of para-hydroxylation sites is 1. The number of aryl methyl sites for hydroxylation is 1. The van der Waals surface area contributed by atoms with Gasteiger partial charge in [0.2, 0.25) is 0 Å². The molecule has 0 fully saturated rings. The number of hydrogen-bond acceptors (Lipinski definition) is 3. The highest BCUT2D eigenvalue weighted by Crippen LogP contribution is 2.20. The van der Waals surface area contributed by atoms with E-state index in [1.165, 1.54) is 6.47 Å². The van der Waals surface area contributed by atoms with E-state index in [0.29, 0.717) is 13.2 Å². The van der Waals surface area contributed by atoms with Crippen molar-refractivity contribution >= 4 is 6.47 Å². The number of hydrogen-bond donors (Lipinski definition) is 0. The average molecular weight is 269 g/mol. The molecular weight excluding hydrogens is 252 g/mol. The highest BCUT2D eigenvalue weighted by atomic mass is 16.5. The molecule has 1 radical (unpaired) electrons. The van der Waals surface area contributed by atoms with Crippen molar-refractivity contribution in [3.05, 3.63) is 65.7 Å². The average Bonchev–Trinajstić information content (AvgIpc) is 2.51. The van der Waals surface area contributed by atoms with Gasteiger partial charge in [0, 0.05) is 0 Å². The Morgan fingerprint density at radius 2 is 1.70 bits per heavy atom. The topological polar surface area (TPSA) is 35.5 Å². The summed E-state index contributed by atoms with van der Waals surface area (Å²) in [6, 6.07) is 18.0. The molecule has 0 aromatic heterocycles. The normalized spacial score (nSPS) is 10.0. The highest BCUT2D eigenvalue weighted by molar-refractivity contribution is 5.38. The van der Waals surface area contributed by atoms with Crippen molar-refractivity contribution in [2.24, 2.45) is 0 Å². The van der Waals surface area contributed by atoms with E-state index in [9.17, 15) is 4.79 Å². The van der Waals surface area contributed by atoms with Crippen LogP contribution in [0.1, 0.15) is 17.5 Å². The van der Waals surface area contributed by atoms with Crippen LogP contribution in [0.15, 0.2) is 54.6 Å². The summed E-state index contributed by atoms with van der Waals surface area (Å²) in [7, 11) is 0. The van der Waals surface area contributed by atoms with Crippen molar-refractivity contribution in [1.82, 2.24) is 0 Å². The number of benzene rings is 2. The molecule has 0 atom stereocenters. The summed E-state index contributed by atoms with van der Waals surface area (Å²) in [5.41, 5.74) is 2.26. The lowest BCUT2D eigenvalue weighted by molar-refractivity contribution is 0.271. The van der Waals surface area contributed by atoms with Gasteiger partial charge >= 0.3 is 6.47 Å². The molecule has 0 bridgehead atoms. The second-order valence-corrected chi connectivity index (χ2v) is 4.42. The van der Waals surface area contributed by atoms with Crippen LogP contribution in [-0.2, 0) is 22.6 Å². The van der Waals surface area contributed by atoms with Crippen molar-refractivity contribution < 1.29 is 14.3 Å². The summed E-state index contributed by atoms with van der Waals surface area (Å²) >= 11 is 0. The first-order chi connectivity index (χ1) is 9.90. The summed E-state index contributed by atoms with van der Waals surface area (Å²) < 4.78 is 10.4. The zero-order chi connectivity index (χ0) is 14.0. The number of rotatable bonds is 8. The van der Waals surface area contributed by atoms with Crippen molar-refractivity contribution in [3.8, 4) is 5.75 Å². The zero-order valence-corrected chi connectivity index (χ0v) is 11.2. The van der Waals surface area contributed by atoms with E-state index < -0.39 is 0 Å². The van der Waals surface area contributed by atoms with Gasteiger partial charge in [-0.25, -0.2) is 4.79 Å². The van der Waals surface area contributed by atoms with Crippen LogP contribution in [0.25, 0.3) is 0 Å². The lowest BCUT2D eigenvalue weighted by Crippen LogP contribution is -2.00. The predicted octanol–water partition coefficient (Wildman–Crippen LogP) is 3.28. The van der Waals surface area contributed by atoms with Crippen LogP contribution in [0, 0.1) is 0 Å². The maximum Gasteiger partial charge on any atom is 0.417 e. The van der Waals surface area contributed by atoms with Crippen LogP contribution in [0.2, 0.25) is 0 Å². The largest absolute Gasteiger partial charge is 0.489 e. The third-order valence-electron chi connectivity index (χ3n) is 2.96. The molecule has 0 spiro atoms. The molecule has 2 aromatic rings. The molecule has 0 saturated heterocycles. The molecular formula is C17H17O3. The second-order valence-electron chi connectivity index (χ2n) is 4.42. The van der Waals surface area contributed by atoms with Gasteiger partial charge in [0.1, 0.15) is 12.4 Å². The first-order valence-electron chi connectivity index (χ1n) is 6.63. The molecule has 0 unspecified atom stereocenters. The maximum absolute atomic E-state index is 9.97. The minimum Gasteiger partial charge on any atom is -0.489 e. The van der Waals surface area contributed by atoms with E-state index in [-0.39, 0.29) is 0 Å². The molecule has 0 amide bonds. The van der Waals surface area contributed by atoms with Crippen molar-refractivity contribution in [3.63, 3.8) is 0 Å². The molecule has 0 aliphatic rings. The molecule has 2 aromatic carbocycles. The lowest BCUT2D eigenvalue weighted by atomic mass is 10.1. The molecule has 0 heterocycles. The van der Waals surface area contributed by atoms with Gasteiger partial charge in [-0.1, -0.05) is 48.5 Å². The van der Waals surface area contributed by atoms with Crippen LogP contribution in [-0.4, -0.2) is 13.1 Å². The monoisotopic (exact) mass is 269 g/mol. The van der Waals surface area contributed by atoms with Crippen LogP contribution < -0.4 is 4.74 Å². The van der Waals surface area contributed by atoms with Crippen LogP contribution in [0.5, 0.6) is 5.75 Å². The van der Waals surface area contributed by atoms with Crippen LogP contribution in [0.4, 0.5) is 0 Å². The molecule has 103 valence electrons. The van der Waals surface area contributed by atoms with E-state index in [1.807, 2.05) is 54.6 Å². The minimum absolute atomic E-state index is 0.385. The van der Waals surface area contributed by atoms with Gasteiger partial charge in [0.25, 0.3) is 0 Å². The van der Waals surface area contributed by atoms with Gasteiger partial charge in [-0.15, -0.1) is 0 Å². The fraction of sp³-hybridized carbons (Fsp3) is 0.235. The molecule has 2 rings (SSSR count). The quantitative estimate of drug-likeness (QED) is 0.690. The molecule has 0 N–H and O–H groups in total. The van der Waals surface area contributed by atoms with E-state index in [2.05, 4.69) is 4.74 Å². The minimum atomic E-state index is 0.385. The highest BCUT2D eigenvalue weighted by Gasteiger charge is 2.03. The predicted molar refractivity (Wildman–Crippen MR) is 77.2 cm³/mol. The van der Waals surface area contributed by atoms with E-state index >= 15 is 0 Å². The summed E-state index contributed by atoms with van der Waals surface area (Å²) in [5.74, 6) is 0.881. The Morgan fingerprint density at radius 1 is 0.950 bits per heavy atom. The summed E-state index contributed by atoms with van der Waals surface area (Å²) in [6.45, 7) is 2.37. The van der Waals surface area contributed by atoms with Gasteiger partial charge in [0.05, 0.1) is 6.61 Å². The first-order valence-corrected chi connectivity index (χ1v) is 6.63. The Balaban J connectivity index is 1.91. The Morgan fingerprint density at radius 3 is 2.50 bits per heavy atom. The van der Waals surface area contributed by atoms with Gasteiger partial charge < -0.3 is 9.47 Å². The third kappa shape index (κ3) is 4.43. The van der Waals surface area contributed by atoms with E-state index in [1.54, 1.807) is 0 Å². The molecule has 0 aliphatic heterocycles. The molecule has 3 heteroatoms. The summed E-state index contributed by atoms with van der Waals surface area (Å²) in [4.78, 5) is 9.97. The fourth-order valence-corrected chi connectivity index (χ4v) is 1.96. The van der Waals surface area contributed by atoms with Crippen molar-refractivity contribution in [2.45, 2.75) is 19.4 Å². The van der Waals surface area contributed by atoms with Crippen LogP contribution in [0.3, 0.4) is 0 Å². The van der Waals surface area contributed by atoms with Crippen LogP contribution >= 0.6 is 0 Å². The summed E-state index contributed by atoms with van der Waals surface area (Å²) in [6.07, 6.45) is 1.58. The fourth-order valence-electron chi connectivity index (χ4n) is 1.96. The lowest BCUT2D eigenvalue weighted by Gasteiger charge is -2.11. The summed E-state index contributed by atoms with van der Waals surface area (Å²) in [5, 5.41) is 0. The Kier molecular flexibility index (Phi) is 5.65. The Hall–Kier alpha value is -2.29. The first kappa shape index (κ1) is 14.1. The van der Waals surface area contributed by atoms with Gasteiger partial charge in [0.15, 0.2) is 0 Å². The number of ether oxygens (including phenoxy) is 2.